The molecular formula is C27H29NO5S. The average molecular weight is 480 g/mol. The molecular weight excluding hydrogens is 450 g/mol. The van der Waals surface area contributed by atoms with E-state index >= 15 is 0 Å². The largest absolute Gasteiger partial charge is 0.504 e. The number of phenols is 1. The zero-order chi connectivity index (χ0) is 23.8. The Kier molecular flexibility index (Phi) is 6.21. The number of carbonyl (C=O) groups is 2. The Morgan fingerprint density at radius 1 is 1.18 bits per heavy atom. The van der Waals surface area contributed by atoms with Gasteiger partial charge in [0, 0.05) is 40.1 Å². The third kappa shape index (κ3) is 4.13. The summed E-state index contributed by atoms with van der Waals surface area (Å²) in [6.45, 7) is 1.87. The number of allylic oxidation sites excluding steroid dienone is 3. The molecule has 2 N–H and O–H groups in total. The highest BCUT2D eigenvalue weighted by Gasteiger charge is 2.42. The van der Waals surface area contributed by atoms with E-state index in [4.69, 9.17) is 9.47 Å². The van der Waals surface area contributed by atoms with Crippen LogP contribution in [0.4, 0.5) is 0 Å². The molecule has 0 radical (unpaired) electrons. The van der Waals surface area contributed by atoms with Gasteiger partial charge in [0.15, 0.2) is 17.3 Å². The fraction of sp³-hybridized carbons (Fsp3) is 0.407. The average Bonchev–Trinajstić information content (AvgIpc) is 3.53. The van der Waals surface area contributed by atoms with Crippen molar-refractivity contribution in [1.29, 1.82) is 0 Å². The van der Waals surface area contributed by atoms with Crippen molar-refractivity contribution < 1.29 is 24.2 Å². The topological polar surface area (TPSA) is 84.9 Å². The lowest BCUT2D eigenvalue weighted by Gasteiger charge is -2.36. The smallest absolute Gasteiger partial charge is 0.337 e. The Morgan fingerprint density at radius 3 is 2.68 bits per heavy atom. The SMILES string of the molecule is COc1cc([C@H]2C(C(=O)OC3CCCC3)=C(C)NC3=C2C(=O)C[C@H](c2cccs2)C3)ccc1O. The van der Waals surface area contributed by atoms with E-state index in [1.54, 1.807) is 29.5 Å². The van der Waals surface area contributed by atoms with Crippen molar-refractivity contribution in [3.05, 3.63) is 68.7 Å². The van der Waals surface area contributed by atoms with Gasteiger partial charge < -0.3 is 19.9 Å². The number of phenolic OH excluding ortho intramolecular Hbond substituents is 1. The molecule has 7 heteroatoms. The molecule has 1 saturated carbocycles. The van der Waals surface area contributed by atoms with E-state index in [-0.39, 0.29) is 29.5 Å². The van der Waals surface area contributed by atoms with E-state index in [1.165, 1.54) is 12.0 Å². The van der Waals surface area contributed by atoms with Crippen LogP contribution in [0.25, 0.3) is 0 Å². The lowest BCUT2D eigenvalue weighted by atomic mass is 9.72. The maximum absolute atomic E-state index is 13.6. The molecule has 2 aromatic rings. The molecule has 0 saturated heterocycles. The summed E-state index contributed by atoms with van der Waals surface area (Å²) < 4.78 is 11.2. The summed E-state index contributed by atoms with van der Waals surface area (Å²) in [7, 11) is 1.49. The number of aromatic hydroxyl groups is 1. The van der Waals surface area contributed by atoms with Crippen LogP contribution >= 0.6 is 11.3 Å². The number of nitrogens with one attached hydrogen (secondary N) is 1. The van der Waals surface area contributed by atoms with E-state index in [2.05, 4.69) is 11.4 Å². The Bertz CT molecular complexity index is 1170. The first-order chi connectivity index (χ1) is 16.5. The first-order valence-electron chi connectivity index (χ1n) is 11.8. The van der Waals surface area contributed by atoms with Gasteiger partial charge in [0.2, 0.25) is 0 Å². The molecule has 2 heterocycles. The van der Waals surface area contributed by atoms with Gasteiger partial charge in [-0.2, -0.15) is 0 Å². The zero-order valence-corrected chi connectivity index (χ0v) is 20.2. The number of hydrogen-bond acceptors (Lipinski definition) is 7. The zero-order valence-electron chi connectivity index (χ0n) is 19.4. The van der Waals surface area contributed by atoms with Gasteiger partial charge in [-0.1, -0.05) is 12.1 Å². The number of hydrogen-bond donors (Lipinski definition) is 2. The molecule has 1 aliphatic heterocycles. The molecule has 2 atom stereocenters. The molecule has 34 heavy (non-hydrogen) atoms. The molecule has 1 fully saturated rings. The number of esters is 1. The molecule has 1 aromatic carbocycles. The Labute approximate surface area is 203 Å². The number of ether oxygens (including phenoxy) is 2. The fourth-order valence-corrected chi connectivity index (χ4v) is 6.29. The van der Waals surface area contributed by atoms with Gasteiger partial charge in [-0.3, -0.25) is 4.79 Å². The molecule has 0 amide bonds. The third-order valence-electron chi connectivity index (χ3n) is 7.11. The molecule has 1 aromatic heterocycles. The first kappa shape index (κ1) is 22.7. The molecule has 0 bridgehead atoms. The fourth-order valence-electron chi connectivity index (χ4n) is 5.46. The van der Waals surface area contributed by atoms with Crippen molar-refractivity contribution in [1.82, 2.24) is 5.32 Å². The van der Waals surface area contributed by atoms with Gasteiger partial charge in [-0.05, 0) is 68.2 Å². The molecule has 5 rings (SSSR count). The summed E-state index contributed by atoms with van der Waals surface area (Å²) in [4.78, 5) is 28.3. The van der Waals surface area contributed by atoms with Crippen molar-refractivity contribution in [3.63, 3.8) is 0 Å². The molecule has 2 aliphatic carbocycles. The second-order valence-electron chi connectivity index (χ2n) is 9.28. The minimum absolute atomic E-state index is 0.0119. The van der Waals surface area contributed by atoms with E-state index in [1.807, 2.05) is 18.4 Å². The highest BCUT2D eigenvalue weighted by atomic mass is 32.1. The standard InChI is InChI=1S/C27H29NO5S/c1-15-24(27(31)33-18-6-3-4-7-18)25(16-9-10-20(29)22(14-16)32-2)26-19(28-15)12-17(13-21(26)30)23-8-5-11-34-23/h5,8-11,14,17-18,25,28-29H,3-4,6-7,12-13H2,1-2H3/t17-,25+/m1/s1. The summed E-state index contributed by atoms with van der Waals surface area (Å²) in [6.07, 6.45) is 4.89. The predicted octanol–water partition coefficient (Wildman–Crippen LogP) is 5.31. The number of dihydropyridines is 1. The predicted molar refractivity (Wildman–Crippen MR) is 130 cm³/mol. The number of carbonyl (C=O) groups excluding carboxylic acids is 2. The summed E-state index contributed by atoms with van der Waals surface area (Å²) in [5.74, 6) is -0.488. The van der Waals surface area contributed by atoms with Crippen LogP contribution in [0.5, 0.6) is 11.5 Å². The lowest BCUT2D eigenvalue weighted by molar-refractivity contribution is -0.144. The van der Waals surface area contributed by atoms with E-state index in [9.17, 15) is 14.7 Å². The van der Waals surface area contributed by atoms with E-state index in [0.717, 1.165) is 36.9 Å². The van der Waals surface area contributed by atoms with Crippen molar-refractivity contribution in [2.45, 2.75) is 63.4 Å². The number of methoxy groups -OCH3 is 1. The summed E-state index contributed by atoms with van der Waals surface area (Å²) >= 11 is 1.67. The van der Waals surface area contributed by atoms with Crippen LogP contribution in [0.3, 0.4) is 0 Å². The van der Waals surface area contributed by atoms with Crippen LogP contribution in [0, 0.1) is 0 Å². The van der Waals surface area contributed by atoms with Crippen LogP contribution in [0.15, 0.2) is 58.3 Å². The van der Waals surface area contributed by atoms with Gasteiger partial charge in [-0.25, -0.2) is 4.79 Å². The first-order valence-corrected chi connectivity index (χ1v) is 12.7. The summed E-state index contributed by atoms with van der Waals surface area (Å²) in [5, 5.41) is 15.6. The quantitative estimate of drug-likeness (QED) is 0.566. The molecule has 6 nitrogen and oxygen atoms in total. The van der Waals surface area contributed by atoms with Crippen molar-refractivity contribution >= 4 is 23.1 Å². The van der Waals surface area contributed by atoms with Crippen molar-refractivity contribution in [3.8, 4) is 11.5 Å². The number of benzene rings is 1. The maximum atomic E-state index is 13.6. The van der Waals surface area contributed by atoms with Crippen molar-refractivity contribution in [2.24, 2.45) is 0 Å². The van der Waals surface area contributed by atoms with Crippen molar-refractivity contribution in [2.75, 3.05) is 7.11 Å². The van der Waals surface area contributed by atoms with E-state index in [0.29, 0.717) is 35.4 Å². The van der Waals surface area contributed by atoms with Crippen LogP contribution in [-0.2, 0) is 14.3 Å². The second kappa shape index (κ2) is 9.29. The van der Waals surface area contributed by atoms with E-state index < -0.39 is 5.92 Å². The monoisotopic (exact) mass is 479 g/mol. The summed E-state index contributed by atoms with van der Waals surface area (Å²) in [6, 6.07) is 9.11. The second-order valence-corrected chi connectivity index (χ2v) is 10.3. The van der Waals surface area contributed by atoms with Crippen LogP contribution < -0.4 is 10.1 Å². The Morgan fingerprint density at radius 2 is 1.97 bits per heavy atom. The van der Waals surface area contributed by atoms with Gasteiger partial charge in [0.1, 0.15) is 6.10 Å². The van der Waals surface area contributed by atoms with Crippen LogP contribution in [-0.4, -0.2) is 30.1 Å². The van der Waals surface area contributed by atoms with Gasteiger partial charge in [0.05, 0.1) is 12.7 Å². The molecule has 0 unspecified atom stereocenters. The molecule has 3 aliphatic rings. The lowest BCUT2D eigenvalue weighted by Crippen LogP contribution is -2.36. The van der Waals surface area contributed by atoms with Gasteiger partial charge in [-0.15, -0.1) is 11.3 Å². The molecule has 178 valence electrons. The minimum Gasteiger partial charge on any atom is -0.504 e. The Balaban J connectivity index is 1.58. The maximum Gasteiger partial charge on any atom is 0.337 e. The number of ketones is 1. The molecule has 0 spiro atoms. The number of Topliss-reactive ketones (excluding diaryl/α,β-unsaturated/α-hetero) is 1. The number of thiophene rings is 1. The Hall–Kier alpha value is -3.06. The highest BCUT2D eigenvalue weighted by Crippen LogP contribution is 2.47. The normalized spacial score (nSPS) is 23.1. The third-order valence-corrected chi connectivity index (χ3v) is 8.14. The van der Waals surface area contributed by atoms with Crippen LogP contribution in [0.2, 0.25) is 0 Å². The number of rotatable bonds is 5. The van der Waals surface area contributed by atoms with Gasteiger partial charge in [0.25, 0.3) is 0 Å². The highest BCUT2D eigenvalue weighted by molar-refractivity contribution is 7.10. The minimum atomic E-state index is -0.573. The summed E-state index contributed by atoms with van der Waals surface area (Å²) in [5.41, 5.74) is 3.37. The van der Waals surface area contributed by atoms with Gasteiger partial charge >= 0.3 is 5.97 Å². The van der Waals surface area contributed by atoms with Crippen LogP contribution in [0.1, 0.15) is 67.7 Å².